The van der Waals surface area contributed by atoms with Gasteiger partial charge in [0, 0.05) is 120 Å². The molecule has 0 atom stereocenters. The van der Waals surface area contributed by atoms with Gasteiger partial charge in [0.2, 0.25) is 0 Å². The summed E-state index contributed by atoms with van der Waals surface area (Å²) < 4.78 is 80.1. The molecule has 0 aliphatic carbocycles. The highest BCUT2D eigenvalue weighted by atomic mass is 35.5. The van der Waals surface area contributed by atoms with E-state index in [2.05, 4.69) is 56.4 Å². The van der Waals surface area contributed by atoms with Crippen molar-refractivity contribution in [3.05, 3.63) is 186 Å². The average molecular weight is 1160 g/mol. The van der Waals surface area contributed by atoms with Crippen molar-refractivity contribution in [2.75, 3.05) is 87.3 Å². The molecule has 428 valence electrons. The highest BCUT2D eigenvalue weighted by Crippen LogP contribution is 2.42. The maximum atomic E-state index is 15.4. The van der Waals surface area contributed by atoms with Gasteiger partial charge in [0.05, 0.1) is 120 Å². The van der Waals surface area contributed by atoms with E-state index in [1.165, 1.54) is 37.7 Å². The number of nitrogens with zero attached hydrogens (tertiary/aromatic N) is 8. The molecule has 0 saturated carbocycles. The molecule has 8 heterocycles. The number of nitrogens with one attached hydrogen (secondary N) is 2. The molecule has 4 N–H and O–H groups in total. The first-order valence-electron chi connectivity index (χ1n) is 26.7. The fraction of sp³-hybridized carbons (Fsp3) is 0.194. The number of rotatable bonds is 12. The van der Waals surface area contributed by atoms with Crippen molar-refractivity contribution >= 4 is 80.1 Å². The van der Waals surface area contributed by atoms with Gasteiger partial charge < -0.3 is 49.4 Å². The Bertz CT molecular complexity index is 3960. The maximum absolute atomic E-state index is 15.4. The van der Waals surface area contributed by atoms with Gasteiger partial charge in [-0.1, -0.05) is 29.8 Å². The Kier molecular flexibility index (Phi) is 18.4. The van der Waals surface area contributed by atoms with Crippen LogP contribution in [0, 0.1) is 37.1 Å². The highest BCUT2D eigenvalue weighted by molar-refractivity contribution is 6.58. The summed E-state index contributed by atoms with van der Waals surface area (Å²) in [6, 6.07) is 30.4. The third-order valence-corrected chi connectivity index (χ3v) is 14.4. The fourth-order valence-electron chi connectivity index (χ4n) is 9.80. The van der Waals surface area contributed by atoms with Crippen LogP contribution in [0.15, 0.2) is 146 Å². The summed E-state index contributed by atoms with van der Waals surface area (Å²) in [5.41, 5.74) is 10.3. The minimum Gasteiger partial charge on any atom is -0.495 e. The highest BCUT2D eigenvalue weighted by Gasteiger charge is 2.24. The van der Waals surface area contributed by atoms with E-state index in [0.29, 0.717) is 99.4 Å². The van der Waals surface area contributed by atoms with E-state index < -0.39 is 30.4 Å². The van der Waals surface area contributed by atoms with Gasteiger partial charge in [-0.2, -0.15) is 0 Å². The van der Waals surface area contributed by atoms with Crippen LogP contribution >= 0.6 is 11.6 Å². The number of morpholine rings is 2. The Hall–Kier alpha value is -8.99. The summed E-state index contributed by atoms with van der Waals surface area (Å²) in [4.78, 5) is 30.5. The lowest BCUT2D eigenvalue weighted by atomic mass is 9.82. The normalized spacial score (nSPS) is 13.1. The second-order valence-corrected chi connectivity index (χ2v) is 19.8. The van der Waals surface area contributed by atoms with Crippen molar-refractivity contribution in [1.82, 2.24) is 29.9 Å². The SMILES string of the molecule is COc1cncc(-c2ccc(N3CCOCC3)cc2Nc2c(C)c(-c3ccccn3)nc3cc(F)cc(F)c23)c1.COc1cncc(B(O)O)c1.Cc1c(-c2ccccn2)nc2cc(F)cc(F)c2c1Nc1cc(N2CCOCC2)ccc1Cl. The zero-order valence-electron chi connectivity index (χ0n) is 46.1. The van der Waals surface area contributed by atoms with E-state index in [1.807, 2.05) is 80.6 Å². The number of aromatic nitrogens is 6. The molecule has 22 heteroatoms. The van der Waals surface area contributed by atoms with Gasteiger partial charge >= 0.3 is 7.12 Å². The van der Waals surface area contributed by atoms with Crippen LogP contribution in [0.3, 0.4) is 0 Å². The van der Waals surface area contributed by atoms with Crippen molar-refractivity contribution in [2.24, 2.45) is 0 Å². The van der Waals surface area contributed by atoms with Crippen molar-refractivity contribution in [2.45, 2.75) is 13.8 Å². The number of ether oxygens (including phenoxy) is 4. The third-order valence-electron chi connectivity index (χ3n) is 14.1. The Labute approximate surface area is 486 Å². The summed E-state index contributed by atoms with van der Waals surface area (Å²) in [5.74, 6) is -1.66. The first-order valence-corrected chi connectivity index (χ1v) is 27.0. The molecule has 0 spiro atoms. The third kappa shape index (κ3) is 13.3. The molecule has 12 rings (SSSR count). The first-order chi connectivity index (χ1) is 40.8. The van der Waals surface area contributed by atoms with Crippen molar-refractivity contribution in [3.63, 3.8) is 0 Å². The number of anilines is 6. The molecular formula is C62H56BClF4N10O6. The molecule has 0 amide bonds. The second-order valence-electron chi connectivity index (χ2n) is 19.4. The molecule has 84 heavy (non-hydrogen) atoms. The van der Waals surface area contributed by atoms with Crippen LogP contribution in [0.4, 0.5) is 51.7 Å². The molecule has 2 aliphatic rings. The molecule has 16 nitrogen and oxygen atoms in total. The number of halogens is 5. The molecule has 6 aromatic heterocycles. The second kappa shape index (κ2) is 26.5. The van der Waals surface area contributed by atoms with Gasteiger partial charge in [-0.05, 0) is 80.6 Å². The quantitative estimate of drug-likeness (QED) is 0.0668. The van der Waals surface area contributed by atoms with Gasteiger partial charge in [-0.3, -0.25) is 19.9 Å². The Balaban J connectivity index is 0.000000161. The van der Waals surface area contributed by atoms with Gasteiger partial charge in [-0.15, -0.1) is 0 Å². The Morgan fingerprint density at radius 3 is 1.56 bits per heavy atom. The minimum absolute atomic E-state index is 0.195. The van der Waals surface area contributed by atoms with Gasteiger partial charge in [-0.25, -0.2) is 27.5 Å². The van der Waals surface area contributed by atoms with E-state index in [0.717, 1.165) is 66.5 Å². The fourth-order valence-corrected chi connectivity index (χ4v) is 9.96. The van der Waals surface area contributed by atoms with E-state index >= 15 is 8.78 Å². The molecule has 0 bridgehead atoms. The molecule has 0 unspecified atom stereocenters. The summed E-state index contributed by atoms with van der Waals surface area (Å²) in [6.45, 7) is 9.36. The van der Waals surface area contributed by atoms with Crippen molar-refractivity contribution < 1.29 is 46.6 Å². The predicted octanol–water partition coefficient (Wildman–Crippen LogP) is 11.4. The summed E-state index contributed by atoms with van der Waals surface area (Å²) >= 11 is 6.52. The van der Waals surface area contributed by atoms with Crippen LogP contribution < -0.4 is 35.4 Å². The lowest BCUT2D eigenvalue weighted by Gasteiger charge is -2.30. The van der Waals surface area contributed by atoms with E-state index in [-0.39, 0.29) is 21.8 Å². The van der Waals surface area contributed by atoms with Crippen LogP contribution in [-0.2, 0) is 9.47 Å². The lowest BCUT2D eigenvalue weighted by Crippen LogP contribution is -2.36. The number of methoxy groups -OCH3 is 2. The van der Waals surface area contributed by atoms with Crippen molar-refractivity contribution in [3.8, 4) is 45.4 Å². The predicted molar refractivity (Wildman–Crippen MR) is 320 cm³/mol. The van der Waals surface area contributed by atoms with E-state index in [9.17, 15) is 8.78 Å². The number of pyridine rings is 6. The smallest absolute Gasteiger partial charge is 0.490 e. The maximum Gasteiger partial charge on any atom is 0.490 e. The van der Waals surface area contributed by atoms with Crippen LogP contribution in [0.2, 0.25) is 5.02 Å². The molecule has 0 radical (unpaired) electrons. The van der Waals surface area contributed by atoms with Crippen LogP contribution in [0.1, 0.15) is 11.1 Å². The first kappa shape index (κ1) is 58.2. The molecule has 2 saturated heterocycles. The van der Waals surface area contributed by atoms with E-state index in [1.54, 1.807) is 38.0 Å². The molecular weight excluding hydrogens is 1100 g/mol. The molecule has 2 aliphatic heterocycles. The summed E-state index contributed by atoms with van der Waals surface area (Å²) in [6.07, 6.45) is 9.58. The summed E-state index contributed by atoms with van der Waals surface area (Å²) in [5, 5.41) is 25.1. The van der Waals surface area contributed by atoms with Gasteiger partial charge in [0.25, 0.3) is 0 Å². The largest absolute Gasteiger partial charge is 0.495 e. The van der Waals surface area contributed by atoms with E-state index in [4.69, 9.17) is 40.6 Å². The Morgan fingerprint density at radius 2 is 1.06 bits per heavy atom. The van der Waals surface area contributed by atoms with Gasteiger partial charge in [0.1, 0.15) is 34.8 Å². The molecule has 4 aromatic carbocycles. The number of hydrogen-bond donors (Lipinski definition) is 4. The van der Waals surface area contributed by atoms with Gasteiger partial charge in [0.15, 0.2) is 0 Å². The Morgan fingerprint density at radius 1 is 0.571 bits per heavy atom. The van der Waals surface area contributed by atoms with Crippen LogP contribution in [-0.4, -0.2) is 114 Å². The number of benzene rings is 4. The zero-order chi connectivity index (χ0) is 58.9. The summed E-state index contributed by atoms with van der Waals surface area (Å²) in [7, 11) is 1.59. The lowest BCUT2D eigenvalue weighted by molar-refractivity contribution is 0.122. The number of fused-ring (bicyclic) bond motifs is 2. The topological polar surface area (TPSA) is 185 Å². The van der Waals surface area contributed by atoms with Crippen LogP contribution in [0.5, 0.6) is 11.5 Å². The van der Waals surface area contributed by atoms with Crippen molar-refractivity contribution in [1.29, 1.82) is 0 Å². The molecule has 2 fully saturated rings. The average Bonchev–Trinajstić information content (AvgIpc) is 1.31. The minimum atomic E-state index is -1.49. The zero-order valence-corrected chi connectivity index (χ0v) is 46.8. The monoisotopic (exact) mass is 1160 g/mol. The number of hydrogen-bond acceptors (Lipinski definition) is 16. The standard InChI is InChI=1S/C31H27F2N5O2.C25H21ClF2N4O.C6H8BNO3/c1-19-30(26-5-3-4-8-35-26)37-28-15-21(32)14-25(33)29(28)31(19)36-27-16-22(38-9-11-40-12-10-38)6-7-24(27)20-13-23(39-2)18-34-17-20;1-15-24(20-4-2-3-7-29-20)31-22-13-16(27)12-19(28)23(22)25(15)30-21-14-17(5-6-18(21)26)32-8-10-33-11-9-32;1-11-6-2-5(7(9)10)3-8-4-6/h3-8,13-18H,9-12H2,1-2H3,(H,36,37);2-7,12-14H,8-11H2,1H3,(H,30,31);2-4,9-10H,1H3. The van der Waals surface area contributed by atoms with Crippen LogP contribution in [0.25, 0.3) is 55.7 Å². The molecule has 10 aromatic rings.